The number of amidine groups is 1. The lowest BCUT2D eigenvalue weighted by Crippen LogP contribution is -2.47. The summed E-state index contributed by atoms with van der Waals surface area (Å²) in [6.45, 7) is 10.3. The number of piperazine rings is 1. The van der Waals surface area contributed by atoms with Gasteiger partial charge in [-0.05, 0) is 6.42 Å². The predicted octanol–water partition coefficient (Wildman–Crippen LogP) is 2.02. The fraction of sp³-hybridized carbons (Fsp3) is 0.800. The van der Waals surface area contributed by atoms with Gasteiger partial charge in [0.15, 0.2) is 11.0 Å². The summed E-state index contributed by atoms with van der Waals surface area (Å²) in [6.07, 6.45) is 3.20. The molecule has 0 aliphatic carbocycles. The average molecular weight is 323 g/mol. The van der Waals surface area contributed by atoms with E-state index < -0.39 is 0 Å². The quantitative estimate of drug-likeness (QED) is 0.826. The van der Waals surface area contributed by atoms with Gasteiger partial charge in [-0.3, -0.25) is 9.89 Å². The minimum atomic E-state index is 0.632. The van der Waals surface area contributed by atoms with Crippen LogP contribution in [-0.4, -0.2) is 63.1 Å². The van der Waals surface area contributed by atoms with Crippen LogP contribution < -0.4 is 0 Å². The van der Waals surface area contributed by atoms with Crippen molar-refractivity contribution in [1.82, 2.24) is 19.9 Å². The van der Waals surface area contributed by atoms with Crippen LogP contribution in [0.1, 0.15) is 38.4 Å². The molecule has 2 aliphatic rings. The van der Waals surface area contributed by atoms with E-state index in [-0.39, 0.29) is 0 Å². The molecule has 0 spiro atoms. The number of aliphatic imine (C=N–C) groups is 1. The molecule has 0 bridgehead atoms. The summed E-state index contributed by atoms with van der Waals surface area (Å²) < 4.78 is 5.36. The molecular formula is C15H25N5OS. The van der Waals surface area contributed by atoms with Gasteiger partial charge in [-0.15, -0.1) is 0 Å². The molecule has 0 amide bonds. The molecule has 122 valence electrons. The van der Waals surface area contributed by atoms with E-state index in [9.17, 15) is 0 Å². The zero-order chi connectivity index (χ0) is 15.4. The second kappa shape index (κ2) is 7.46. The smallest absolute Gasteiger partial charge is 0.240 e. The topological polar surface area (TPSA) is 57.8 Å². The maximum absolute atomic E-state index is 5.36. The summed E-state index contributed by atoms with van der Waals surface area (Å²) in [4.78, 5) is 13.9. The van der Waals surface area contributed by atoms with Gasteiger partial charge in [-0.2, -0.15) is 4.98 Å². The van der Waals surface area contributed by atoms with Gasteiger partial charge in [-0.25, -0.2) is 0 Å². The third-order valence-electron chi connectivity index (χ3n) is 4.06. The number of aromatic nitrogens is 2. The Morgan fingerprint density at radius 2 is 2.09 bits per heavy atom. The van der Waals surface area contributed by atoms with Crippen molar-refractivity contribution in [1.29, 1.82) is 0 Å². The molecule has 0 saturated carbocycles. The van der Waals surface area contributed by atoms with Crippen LogP contribution in [0.4, 0.5) is 0 Å². The highest BCUT2D eigenvalue weighted by Crippen LogP contribution is 2.23. The van der Waals surface area contributed by atoms with Crippen LogP contribution >= 0.6 is 11.8 Å². The van der Waals surface area contributed by atoms with Gasteiger partial charge in [0.1, 0.15) is 0 Å². The van der Waals surface area contributed by atoms with Crippen LogP contribution in [0, 0.1) is 0 Å². The van der Waals surface area contributed by atoms with E-state index in [1.165, 1.54) is 5.17 Å². The maximum atomic E-state index is 5.36. The fourth-order valence-corrected chi connectivity index (χ4v) is 3.70. The van der Waals surface area contributed by atoms with Crippen molar-refractivity contribution >= 4 is 16.9 Å². The van der Waals surface area contributed by atoms with Crippen molar-refractivity contribution in [2.75, 3.05) is 32.7 Å². The Labute approximate surface area is 136 Å². The third kappa shape index (κ3) is 4.01. The molecule has 1 fully saturated rings. The van der Waals surface area contributed by atoms with Gasteiger partial charge < -0.3 is 9.42 Å². The van der Waals surface area contributed by atoms with Crippen LogP contribution in [0.5, 0.6) is 0 Å². The highest BCUT2D eigenvalue weighted by molar-refractivity contribution is 8.14. The minimum Gasteiger partial charge on any atom is -0.349 e. The number of nitrogens with zero attached hydrogens (tertiary/aromatic N) is 5. The molecule has 1 aromatic heterocycles. The Hall–Kier alpha value is -1.08. The minimum absolute atomic E-state index is 0.632. The first-order valence-corrected chi connectivity index (χ1v) is 9.12. The molecule has 0 unspecified atom stereocenters. The molecule has 3 heterocycles. The molecule has 22 heavy (non-hydrogen) atoms. The van der Waals surface area contributed by atoms with Crippen molar-refractivity contribution in [3.05, 3.63) is 11.7 Å². The Morgan fingerprint density at radius 1 is 1.27 bits per heavy atom. The van der Waals surface area contributed by atoms with Gasteiger partial charge in [0.05, 0.1) is 13.1 Å². The molecular weight excluding hydrogens is 298 g/mol. The van der Waals surface area contributed by atoms with E-state index in [0.717, 1.165) is 70.2 Å². The molecule has 6 nitrogen and oxygen atoms in total. The summed E-state index contributed by atoms with van der Waals surface area (Å²) in [7, 11) is 0. The Kier molecular flexibility index (Phi) is 5.36. The zero-order valence-corrected chi connectivity index (χ0v) is 14.3. The molecule has 1 saturated heterocycles. The Morgan fingerprint density at radius 3 is 2.77 bits per heavy atom. The van der Waals surface area contributed by atoms with Crippen molar-refractivity contribution < 1.29 is 4.52 Å². The van der Waals surface area contributed by atoms with Gasteiger partial charge in [-0.1, -0.05) is 37.2 Å². The second-order valence-electron chi connectivity index (χ2n) is 6.02. The van der Waals surface area contributed by atoms with Crippen molar-refractivity contribution in [3.8, 4) is 0 Å². The van der Waals surface area contributed by atoms with Crippen LogP contribution in [0.3, 0.4) is 0 Å². The van der Waals surface area contributed by atoms with Crippen molar-refractivity contribution in [2.24, 2.45) is 4.99 Å². The SMILES string of the molecule is CCCCc1noc(CN2CCN(C3=NC[C@@H](C)S3)CC2)n1. The number of hydrogen-bond donors (Lipinski definition) is 0. The Balaban J connectivity index is 1.44. The first-order valence-electron chi connectivity index (χ1n) is 8.24. The first kappa shape index (κ1) is 15.8. The summed E-state index contributed by atoms with van der Waals surface area (Å²) in [5.74, 6) is 1.60. The number of thioether (sulfide) groups is 1. The molecule has 0 N–H and O–H groups in total. The number of aryl methyl sites for hydroxylation is 1. The summed E-state index contributed by atoms with van der Waals surface area (Å²) in [5.41, 5.74) is 0. The van der Waals surface area contributed by atoms with Crippen molar-refractivity contribution in [3.63, 3.8) is 0 Å². The lowest BCUT2D eigenvalue weighted by Gasteiger charge is -2.34. The lowest BCUT2D eigenvalue weighted by atomic mass is 10.2. The third-order valence-corrected chi connectivity index (χ3v) is 5.21. The second-order valence-corrected chi connectivity index (χ2v) is 7.43. The molecule has 7 heteroatoms. The summed E-state index contributed by atoms with van der Waals surface area (Å²) in [5, 5.41) is 5.92. The lowest BCUT2D eigenvalue weighted by molar-refractivity contribution is 0.159. The zero-order valence-electron chi connectivity index (χ0n) is 13.5. The van der Waals surface area contributed by atoms with Gasteiger partial charge in [0, 0.05) is 37.8 Å². The standard InChI is InChI=1S/C15H25N5OS/c1-3-4-5-13-17-14(21-18-13)11-19-6-8-20(9-7-19)15-16-10-12(2)22-15/h12H,3-11H2,1-2H3/t12-/m1/s1. The monoisotopic (exact) mass is 323 g/mol. The highest BCUT2D eigenvalue weighted by atomic mass is 32.2. The normalized spacial score (nSPS) is 23.1. The predicted molar refractivity (Wildman–Crippen MR) is 89.1 cm³/mol. The molecule has 1 atom stereocenters. The first-order chi connectivity index (χ1) is 10.7. The van der Waals surface area contributed by atoms with E-state index in [1.807, 2.05) is 11.8 Å². The molecule has 2 aliphatic heterocycles. The van der Waals surface area contributed by atoms with E-state index in [2.05, 4.69) is 38.8 Å². The number of rotatable bonds is 5. The molecule has 3 rings (SSSR count). The summed E-state index contributed by atoms with van der Waals surface area (Å²) >= 11 is 1.90. The van der Waals surface area contributed by atoms with Gasteiger partial charge >= 0.3 is 0 Å². The van der Waals surface area contributed by atoms with Gasteiger partial charge in [0.2, 0.25) is 5.89 Å². The largest absolute Gasteiger partial charge is 0.349 e. The van der Waals surface area contributed by atoms with E-state index in [0.29, 0.717) is 5.25 Å². The molecule has 1 aromatic rings. The van der Waals surface area contributed by atoms with Crippen LogP contribution in [-0.2, 0) is 13.0 Å². The van der Waals surface area contributed by atoms with E-state index in [1.54, 1.807) is 0 Å². The van der Waals surface area contributed by atoms with E-state index >= 15 is 0 Å². The highest BCUT2D eigenvalue weighted by Gasteiger charge is 2.25. The van der Waals surface area contributed by atoms with Crippen molar-refractivity contribution in [2.45, 2.75) is 44.9 Å². The van der Waals surface area contributed by atoms with E-state index in [4.69, 9.17) is 4.52 Å². The molecule has 0 radical (unpaired) electrons. The number of unbranched alkanes of at least 4 members (excludes halogenated alkanes) is 1. The fourth-order valence-electron chi connectivity index (χ4n) is 2.72. The Bertz CT molecular complexity index is 510. The van der Waals surface area contributed by atoms with Crippen LogP contribution in [0.15, 0.2) is 9.52 Å². The maximum Gasteiger partial charge on any atom is 0.240 e. The summed E-state index contributed by atoms with van der Waals surface area (Å²) in [6, 6.07) is 0. The van der Waals surface area contributed by atoms with Gasteiger partial charge in [0.25, 0.3) is 0 Å². The van der Waals surface area contributed by atoms with Crippen LogP contribution in [0.2, 0.25) is 0 Å². The number of hydrogen-bond acceptors (Lipinski definition) is 7. The molecule has 0 aromatic carbocycles. The van der Waals surface area contributed by atoms with Crippen LogP contribution in [0.25, 0.3) is 0 Å². The average Bonchev–Trinajstić information content (AvgIpc) is 3.15.